The van der Waals surface area contributed by atoms with Crippen LogP contribution in [0.1, 0.15) is 24.8 Å². The maximum atomic E-state index is 10.2. The number of piperidine rings is 1. The van der Waals surface area contributed by atoms with Crippen LogP contribution >= 0.6 is 0 Å². The molecule has 1 saturated heterocycles. The van der Waals surface area contributed by atoms with Crippen LogP contribution in [0.3, 0.4) is 0 Å². The van der Waals surface area contributed by atoms with Crippen molar-refractivity contribution < 1.29 is 9.84 Å². The Kier molecular flexibility index (Phi) is 10.8. The van der Waals surface area contributed by atoms with Crippen molar-refractivity contribution in [3.05, 3.63) is 85.1 Å². The van der Waals surface area contributed by atoms with Crippen molar-refractivity contribution in [2.75, 3.05) is 64.1 Å². The van der Waals surface area contributed by atoms with E-state index in [1.165, 1.54) is 5.56 Å². The molecular weight excluding hydrogens is 538 g/mol. The zero-order valence-electron chi connectivity index (χ0n) is 25.5. The Morgan fingerprint density at radius 3 is 3.02 bits per heavy atom. The molecule has 2 aliphatic heterocycles. The van der Waals surface area contributed by atoms with Crippen molar-refractivity contribution in [3.63, 3.8) is 0 Å². The number of likely N-dealkylation sites (tertiary alicyclic amines) is 1. The van der Waals surface area contributed by atoms with E-state index >= 15 is 0 Å². The van der Waals surface area contributed by atoms with Crippen molar-refractivity contribution in [1.82, 2.24) is 24.7 Å². The van der Waals surface area contributed by atoms with E-state index in [-0.39, 0.29) is 0 Å². The van der Waals surface area contributed by atoms with Gasteiger partial charge in [-0.3, -0.25) is 9.80 Å². The summed E-state index contributed by atoms with van der Waals surface area (Å²) in [7, 11) is 4.31. The summed E-state index contributed by atoms with van der Waals surface area (Å²) in [6.45, 7) is 9.50. The van der Waals surface area contributed by atoms with Crippen LogP contribution in [0.25, 0.3) is 11.3 Å². The number of hydrogen-bond acceptors (Lipinski definition) is 9. The number of aliphatic hydroxyl groups excluding tert-OH is 1. The van der Waals surface area contributed by atoms with Gasteiger partial charge < -0.3 is 25.4 Å². The summed E-state index contributed by atoms with van der Waals surface area (Å²) in [4.78, 5) is 16.1. The van der Waals surface area contributed by atoms with Gasteiger partial charge in [-0.15, -0.1) is 0 Å². The van der Waals surface area contributed by atoms with E-state index in [4.69, 9.17) is 9.72 Å². The van der Waals surface area contributed by atoms with Gasteiger partial charge in [0.25, 0.3) is 0 Å². The molecule has 0 aliphatic carbocycles. The standard InChI is InChI=1S/C34H45N7O2/c1-4-33(42)41-17-9-11-30(25-41)40(3)18-15-35-28-20-26-21-29(23-28)37-34-36-14-13-32(38-34)27-10-8-12-31(22-27)43-19-7-5-6-16-39(2)24-26/h4-6,8,10,12-14,20-23,30,33,35,42H,1,7,9,11,15-19,24-25H2,2-3H3,(H,36,37,38)/b6-5+. The predicted octanol–water partition coefficient (Wildman–Crippen LogP) is 4.97. The monoisotopic (exact) mass is 583 g/mol. The maximum absolute atomic E-state index is 10.2. The molecule has 9 heteroatoms. The highest BCUT2D eigenvalue weighted by molar-refractivity contribution is 5.66. The van der Waals surface area contributed by atoms with Crippen LogP contribution < -0.4 is 15.4 Å². The van der Waals surface area contributed by atoms with Crippen LogP contribution in [-0.2, 0) is 6.54 Å². The van der Waals surface area contributed by atoms with Gasteiger partial charge in [0.1, 0.15) is 12.0 Å². The number of nitrogens with one attached hydrogen (secondary N) is 2. The number of rotatable bonds is 7. The van der Waals surface area contributed by atoms with Crippen molar-refractivity contribution in [2.24, 2.45) is 0 Å². The molecule has 0 radical (unpaired) electrons. The molecule has 9 nitrogen and oxygen atoms in total. The molecule has 0 spiro atoms. The summed E-state index contributed by atoms with van der Waals surface area (Å²) in [6, 6.07) is 16.9. The first-order chi connectivity index (χ1) is 21.0. The van der Waals surface area contributed by atoms with Crippen molar-refractivity contribution in [1.29, 1.82) is 0 Å². The number of nitrogens with zero attached hydrogens (tertiary/aromatic N) is 5. The second-order valence-corrected chi connectivity index (χ2v) is 11.5. The van der Waals surface area contributed by atoms with E-state index in [0.717, 1.165) is 86.9 Å². The Balaban J connectivity index is 1.31. The molecule has 43 heavy (non-hydrogen) atoms. The Bertz CT molecular complexity index is 1380. The number of ether oxygens (including phenoxy) is 1. The van der Waals surface area contributed by atoms with Crippen molar-refractivity contribution in [3.8, 4) is 17.0 Å². The number of anilines is 3. The average Bonchev–Trinajstić information content (AvgIpc) is 3.02. The van der Waals surface area contributed by atoms with Crippen LogP contribution in [0.15, 0.2) is 79.5 Å². The first-order valence-corrected chi connectivity index (χ1v) is 15.3. The molecule has 228 valence electrons. The van der Waals surface area contributed by atoms with Gasteiger partial charge in [-0.05, 0) is 81.4 Å². The number of fused-ring (bicyclic) bond motifs is 7. The maximum Gasteiger partial charge on any atom is 0.227 e. The summed E-state index contributed by atoms with van der Waals surface area (Å²) < 4.78 is 5.99. The lowest BCUT2D eigenvalue weighted by Crippen LogP contribution is -2.50. The summed E-state index contributed by atoms with van der Waals surface area (Å²) >= 11 is 0. The summed E-state index contributed by atoms with van der Waals surface area (Å²) in [5.41, 5.74) is 5.02. The molecule has 0 saturated carbocycles. The number of likely N-dealkylation sites (N-methyl/N-ethyl adjacent to an activating group) is 2. The third-order valence-corrected chi connectivity index (χ3v) is 8.05. The number of hydrogen-bond donors (Lipinski definition) is 3. The quantitative estimate of drug-likeness (QED) is 0.334. The summed E-state index contributed by atoms with van der Waals surface area (Å²) in [6.07, 6.45) is 10.3. The molecule has 1 aromatic heterocycles. The molecule has 3 heterocycles. The Morgan fingerprint density at radius 2 is 2.14 bits per heavy atom. The average molecular weight is 584 g/mol. The third-order valence-electron chi connectivity index (χ3n) is 8.05. The molecule has 2 aliphatic rings. The zero-order valence-corrected chi connectivity index (χ0v) is 25.5. The molecule has 3 N–H and O–H groups in total. The second-order valence-electron chi connectivity index (χ2n) is 11.5. The van der Waals surface area contributed by atoms with E-state index < -0.39 is 6.23 Å². The minimum Gasteiger partial charge on any atom is -0.493 e. The predicted molar refractivity (Wildman–Crippen MR) is 175 cm³/mol. The first kappa shape index (κ1) is 30.7. The van der Waals surface area contributed by atoms with Gasteiger partial charge in [0.15, 0.2) is 0 Å². The third kappa shape index (κ3) is 8.87. The van der Waals surface area contributed by atoms with Crippen molar-refractivity contribution >= 4 is 17.3 Å². The fourth-order valence-corrected chi connectivity index (χ4v) is 5.70. The first-order valence-electron chi connectivity index (χ1n) is 15.3. The zero-order chi connectivity index (χ0) is 30.0. The minimum absolute atomic E-state index is 0.410. The van der Waals surface area contributed by atoms with Crippen molar-refractivity contribution in [2.45, 2.75) is 38.1 Å². The van der Waals surface area contributed by atoms with Crippen LogP contribution in [0.4, 0.5) is 17.3 Å². The van der Waals surface area contributed by atoms with Crippen LogP contribution in [0.5, 0.6) is 5.75 Å². The molecule has 2 atom stereocenters. The topological polar surface area (TPSA) is 89.0 Å². The van der Waals surface area contributed by atoms with E-state index in [1.54, 1.807) is 12.3 Å². The molecule has 1 fully saturated rings. The molecule has 3 aromatic rings. The summed E-state index contributed by atoms with van der Waals surface area (Å²) in [5, 5.41) is 17.3. The summed E-state index contributed by atoms with van der Waals surface area (Å²) in [5.74, 6) is 1.38. The Labute approximate surface area is 255 Å². The Morgan fingerprint density at radius 1 is 1.23 bits per heavy atom. The molecule has 0 amide bonds. The Hall–Kier alpha value is -3.76. The molecule has 2 aromatic carbocycles. The fourth-order valence-electron chi connectivity index (χ4n) is 5.70. The van der Waals surface area contributed by atoms with Crippen LogP contribution in [0.2, 0.25) is 0 Å². The highest BCUT2D eigenvalue weighted by atomic mass is 16.5. The fraction of sp³-hybridized carbons (Fsp3) is 0.412. The van der Waals surface area contributed by atoms with E-state index in [0.29, 0.717) is 18.6 Å². The minimum atomic E-state index is -0.572. The lowest BCUT2D eigenvalue weighted by Gasteiger charge is -2.39. The van der Waals surface area contributed by atoms with Gasteiger partial charge >= 0.3 is 0 Å². The van der Waals surface area contributed by atoms with Gasteiger partial charge in [0.2, 0.25) is 5.95 Å². The molecule has 5 rings (SSSR count). The lowest BCUT2D eigenvalue weighted by atomic mass is 10.0. The van der Waals surface area contributed by atoms with E-state index in [1.807, 2.05) is 30.3 Å². The van der Waals surface area contributed by atoms with Gasteiger partial charge in [-0.1, -0.05) is 30.9 Å². The largest absolute Gasteiger partial charge is 0.493 e. The molecule has 6 bridgehead atoms. The van der Waals surface area contributed by atoms with Crippen LogP contribution in [0, 0.1) is 0 Å². The highest BCUT2D eigenvalue weighted by Gasteiger charge is 2.25. The molecule has 2 unspecified atom stereocenters. The SMILES string of the molecule is C=CC(O)N1CCCC(N(C)CCNc2cc3cc(c2)Nc2nccc(n2)-c2cccc(c2)OCC/C=C/CN(C)C3)C1. The van der Waals surface area contributed by atoms with Gasteiger partial charge in [-0.25, -0.2) is 9.97 Å². The van der Waals surface area contributed by atoms with Gasteiger partial charge in [0, 0.05) is 68.4 Å². The van der Waals surface area contributed by atoms with E-state index in [2.05, 4.69) is 81.3 Å². The smallest absolute Gasteiger partial charge is 0.227 e. The lowest BCUT2D eigenvalue weighted by molar-refractivity contribution is 0.00133. The van der Waals surface area contributed by atoms with Gasteiger partial charge in [0.05, 0.1) is 12.3 Å². The number of aromatic nitrogens is 2. The van der Waals surface area contributed by atoms with Gasteiger partial charge in [-0.2, -0.15) is 0 Å². The highest BCUT2D eigenvalue weighted by Crippen LogP contribution is 2.26. The number of aliphatic hydroxyl groups is 1. The van der Waals surface area contributed by atoms with Crippen LogP contribution in [-0.4, -0.2) is 95.5 Å². The number of benzene rings is 2. The second kappa shape index (κ2) is 15.1. The normalized spacial score (nSPS) is 19.8. The molecular formula is C34H45N7O2. The van der Waals surface area contributed by atoms with E-state index in [9.17, 15) is 5.11 Å².